The molecule has 3 heteroatoms. The average Bonchev–Trinajstić information content (AvgIpc) is 3.23. The molecule has 2 nitrogen and oxygen atoms in total. The van der Waals surface area contributed by atoms with Gasteiger partial charge < -0.3 is 9.80 Å². The van der Waals surface area contributed by atoms with Crippen molar-refractivity contribution in [3.05, 3.63) is 124 Å². The van der Waals surface area contributed by atoms with Crippen molar-refractivity contribution in [3.63, 3.8) is 0 Å². The summed E-state index contributed by atoms with van der Waals surface area (Å²) in [6, 6.07) is 35.7. The van der Waals surface area contributed by atoms with E-state index in [2.05, 4.69) is 206 Å². The van der Waals surface area contributed by atoms with Gasteiger partial charge >= 0.3 is 0 Å². The summed E-state index contributed by atoms with van der Waals surface area (Å²) in [5, 5.41) is 0. The molecule has 0 unspecified atom stereocenters. The zero-order valence-electron chi connectivity index (χ0n) is 43.3. The molecule has 2 bridgehead atoms. The van der Waals surface area contributed by atoms with Crippen molar-refractivity contribution in [1.29, 1.82) is 0 Å². The lowest BCUT2D eigenvalue weighted by Gasteiger charge is -2.50. The molecule has 5 aromatic rings. The van der Waals surface area contributed by atoms with E-state index < -0.39 is 0 Å². The van der Waals surface area contributed by atoms with Gasteiger partial charge in [0.25, 0.3) is 6.71 Å². The molecule has 0 amide bonds. The third kappa shape index (κ3) is 7.26. The topological polar surface area (TPSA) is 6.48 Å². The van der Waals surface area contributed by atoms with E-state index in [-0.39, 0.29) is 44.6 Å². The Balaban J connectivity index is 1.37. The van der Waals surface area contributed by atoms with Crippen molar-refractivity contribution in [3.8, 4) is 0 Å². The second kappa shape index (κ2) is 14.4. The lowest BCUT2D eigenvalue weighted by molar-refractivity contribution is 0.136. The van der Waals surface area contributed by atoms with Crippen molar-refractivity contribution in [2.75, 3.05) is 9.80 Å². The molecule has 5 aromatic carbocycles. The Hall–Kier alpha value is -4.24. The molecule has 3 fully saturated rings. The van der Waals surface area contributed by atoms with Gasteiger partial charge in [0.1, 0.15) is 0 Å². The first-order chi connectivity index (χ1) is 30.2. The molecule has 2 aliphatic heterocycles. The zero-order valence-corrected chi connectivity index (χ0v) is 43.3. The fourth-order valence-corrected chi connectivity index (χ4v) is 12.8. The van der Waals surface area contributed by atoms with E-state index in [9.17, 15) is 0 Å². The third-order valence-electron chi connectivity index (χ3n) is 17.5. The molecule has 0 atom stereocenters. The molecule has 340 valence electrons. The minimum atomic E-state index is -0.0156. The van der Waals surface area contributed by atoms with Gasteiger partial charge in [0, 0.05) is 34.1 Å². The Morgan fingerprint density at radius 1 is 0.431 bits per heavy atom. The smallest absolute Gasteiger partial charge is 0.252 e. The maximum atomic E-state index is 2.79. The van der Waals surface area contributed by atoms with Crippen molar-refractivity contribution in [1.82, 2.24) is 0 Å². The summed E-state index contributed by atoms with van der Waals surface area (Å²) >= 11 is 0. The molecule has 65 heavy (non-hydrogen) atoms. The largest absolute Gasteiger partial charge is 0.311 e. The lowest BCUT2D eigenvalue weighted by Crippen LogP contribution is -2.62. The van der Waals surface area contributed by atoms with Crippen LogP contribution in [0.5, 0.6) is 0 Å². The fraction of sp³-hybridized carbons (Fsp3) is 0.516. The van der Waals surface area contributed by atoms with E-state index in [1.54, 1.807) is 11.1 Å². The van der Waals surface area contributed by atoms with Crippen LogP contribution in [0.3, 0.4) is 0 Å². The number of fused-ring (bicyclic) bond motifs is 8. The number of hydrogen-bond donors (Lipinski definition) is 0. The van der Waals surface area contributed by atoms with Gasteiger partial charge in [0.05, 0.1) is 0 Å². The van der Waals surface area contributed by atoms with Crippen molar-refractivity contribution >= 4 is 57.2 Å². The normalized spacial score (nSPS) is 22.0. The third-order valence-corrected chi connectivity index (χ3v) is 17.5. The maximum absolute atomic E-state index is 2.79. The van der Waals surface area contributed by atoms with Crippen molar-refractivity contribution in [2.45, 2.75) is 200 Å². The second-order valence-corrected chi connectivity index (χ2v) is 27.1. The monoisotopic (exact) mass is 863 g/mol. The Morgan fingerprint density at radius 3 is 1.40 bits per heavy atom. The fourth-order valence-electron chi connectivity index (χ4n) is 12.8. The van der Waals surface area contributed by atoms with Crippen LogP contribution in [-0.4, -0.2) is 6.71 Å². The van der Waals surface area contributed by atoms with Crippen LogP contribution in [0, 0.1) is 5.92 Å². The average molecular weight is 863 g/mol. The minimum absolute atomic E-state index is 0.00230. The van der Waals surface area contributed by atoms with E-state index >= 15 is 0 Å². The van der Waals surface area contributed by atoms with E-state index in [0.29, 0.717) is 0 Å². The van der Waals surface area contributed by atoms with E-state index in [1.165, 1.54) is 130 Å². The standard InChI is InChI=1S/C62H79BN2/c1-56(2,3)40-17-20-45(21-18-40)64-51-22-19-41(57(4,5)6)34-49(51)63-50-37-47-48(61(15,16)30-29-60(47,13)14)38-52(50)65(46-32-42(58(7,8)9)31-43(33-46)59(10,11)12)54-36-44(35-53(64)55(54)63)62-26-23-39(24-27-62)25-28-62/h17-22,31-39H,23-30H2,1-16H3. The number of nitrogens with zero attached hydrogens (tertiary/aromatic N) is 2. The summed E-state index contributed by atoms with van der Waals surface area (Å²) in [6.45, 7) is 38.7. The van der Waals surface area contributed by atoms with Crippen LogP contribution < -0.4 is 26.2 Å². The molecular formula is C62H79BN2. The first-order valence-electron chi connectivity index (χ1n) is 25.6. The number of anilines is 6. The SMILES string of the molecule is CC(C)(C)c1ccc(N2c3ccc(C(C)(C)C)cc3B3c4cc5c(cc4N(c4cc(C(C)(C)C)cc(C(C)(C)C)c4)c4cc(C67CCC(CC6)CC7)cc2c43)C(C)(C)CCC5(C)C)cc1. The summed E-state index contributed by atoms with van der Waals surface area (Å²) in [4.78, 5) is 5.49. The van der Waals surface area contributed by atoms with Gasteiger partial charge in [-0.25, -0.2) is 0 Å². The predicted octanol–water partition coefficient (Wildman–Crippen LogP) is 15.5. The highest BCUT2D eigenvalue weighted by Gasteiger charge is 2.49. The minimum Gasteiger partial charge on any atom is -0.311 e. The first kappa shape index (κ1) is 44.6. The van der Waals surface area contributed by atoms with Gasteiger partial charge in [-0.05, 0) is 199 Å². The first-order valence-corrected chi connectivity index (χ1v) is 25.6. The van der Waals surface area contributed by atoms with Crippen LogP contribution in [0.4, 0.5) is 34.1 Å². The molecular weight excluding hydrogens is 784 g/mol. The van der Waals surface area contributed by atoms with Crippen LogP contribution in [0.25, 0.3) is 0 Å². The molecule has 0 spiro atoms. The molecule has 0 aromatic heterocycles. The molecule has 11 rings (SSSR count). The molecule has 3 saturated carbocycles. The summed E-state index contributed by atoms with van der Waals surface area (Å²) in [5.74, 6) is 0.900. The molecule has 0 N–H and O–H groups in total. The molecule has 6 aliphatic rings. The predicted molar refractivity (Wildman–Crippen MR) is 283 cm³/mol. The second-order valence-electron chi connectivity index (χ2n) is 27.1. The van der Waals surface area contributed by atoms with Crippen LogP contribution in [0.2, 0.25) is 0 Å². The highest BCUT2D eigenvalue weighted by Crippen LogP contribution is 2.56. The Bertz CT molecular complexity index is 2660. The Kier molecular flexibility index (Phi) is 9.87. The highest BCUT2D eigenvalue weighted by molar-refractivity contribution is 7.00. The molecule has 0 radical (unpaired) electrons. The molecule has 4 aliphatic carbocycles. The number of benzene rings is 5. The summed E-state index contributed by atoms with van der Waals surface area (Å²) in [5.41, 5.74) is 23.0. The van der Waals surface area contributed by atoms with Crippen LogP contribution >= 0.6 is 0 Å². The van der Waals surface area contributed by atoms with Gasteiger partial charge in [0.15, 0.2) is 0 Å². The zero-order chi connectivity index (χ0) is 46.6. The molecule has 0 saturated heterocycles. The maximum Gasteiger partial charge on any atom is 0.252 e. The van der Waals surface area contributed by atoms with Gasteiger partial charge in [-0.1, -0.05) is 147 Å². The van der Waals surface area contributed by atoms with Gasteiger partial charge in [-0.3, -0.25) is 0 Å². The van der Waals surface area contributed by atoms with Crippen LogP contribution in [-0.2, 0) is 37.9 Å². The van der Waals surface area contributed by atoms with E-state index in [4.69, 9.17) is 0 Å². The number of rotatable bonds is 3. The van der Waals surface area contributed by atoms with Gasteiger partial charge in [0.2, 0.25) is 0 Å². The van der Waals surface area contributed by atoms with Crippen molar-refractivity contribution < 1.29 is 0 Å². The highest BCUT2D eigenvalue weighted by atomic mass is 15.2. The Morgan fingerprint density at radius 2 is 0.892 bits per heavy atom. The van der Waals surface area contributed by atoms with E-state index in [0.717, 1.165) is 5.92 Å². The van der Waals surface area contributed by atoms with Gasteiger partial charge in [-0.15, -0.1) is 0 Å². The lowest BCUT2D eigenvalue weighted by atomic mass is 9.32. The Labute approximate surface area is 395 Å². The summed E-state index contributed by atoms with van der Waals surface area (Å²) in [7, 11) is 0. The van der Waals surface area contributed by atoms with Crippen LogP contribution in [0.15, 0.2) is 84.9 Å². The molecule has 2 heterocycles. The summed E-state index contributed by atoms with van der Waals surface area (Å²) < 4.78 is 0. The quantitative estimate of drug-likeness (QED) is 0.163. The summed E-state index contributed by atoms with van der Waals surface area (Å²) in [6.07, 6.45) is 10.4. The van der Waals surface area contributed by atoms with E-state index in [1.807, 2.05) is 0 Å². The van der Waals surface area contributed by atoms with Gasteiger partial charge in [-0.2, -0.15) is 0 Å². The van der Waals surface area contributed by atoms with Crippen LogP contribution in [0.1, 0.15) is 201 Å². The number of hydrogen-bond acceptors (Lipinski definition) is 2. The van der Waals surface area contributed by atoms with Crippen molar-refractivity contribution in [2.24, 2.45) is 5.92 Å².